The number of carbonyl (C=O) groups excluding carboxylic acids is 3. The Labute approximate surface area is 407 Å². The van der Waals surface area contributed by atoms with Crippen LogP contribution in [0, 0.1) is 34.1 Å². The summed E-state index contributed by atoms with van der Waals surface area (Å²) >= 11 is 12.8. The molecule has 2 atom stereocenters. The average Bonchev–Trinajstić information content (AvgIpc) is 4.11. The molecule has 2 amide bonds. The first-order valence-electron chi connectivity index (χ1n) is 22.5. The molecule has 374 valence electrons. The predicted octanol–water partition coefficient (Wildman–Crippen LogP) is 7.32. The smallest absolute Gasteiger partial charge is 0.490 e. The summed E-state index contributed by atoms with van der Waals surface area (Å²) in [6.07, 6.45) is 4.34. The van der Waals surface area contributed by atoms with E-state index in [1.54, 1.807) is 23.2 Å². The number of aryl methyl sites for hydroxylation is 1. The summed E-state index contributed by atoms with van der Waals surface area (Å²) < 4.78 is 38.0. The Morgan fingerprint density at radius 3 is 2.06 bits per heavy atom. The Morgan fingerprint density at radius 2 is 1.41 bits per heavy atom. The van der Waals surface area contributed by atoms with E-state index in [2.05, 4.69) is 14.7 Å². The lowest BCUT2D eigenvalue weighted by Gasteiger charge is -2.38. The molecule has 2 bridgehead atoms. The first kappa shape index (κ1) is 52.2. The highest BCUT2D eigenvalue weighted by atomic mass is 35.5. The lowest BCUT2D eigenvalue weighted by molar-refractivity contribution is -0.758. The summed E-state index contributed by atoms with van der Waals surface area (Å²) in [7, 11) is 0. The van der Waals surface area contributed by atoms with E-state index < -0.39 is 28.5 Å². The third kappa shape index (κ3) is 15.4. The van der Waals surface area contributed by atoms with Crippen LogP contribution in [0.1, 0.15) is 66.3 Å². The zero-order valence-electron chi connectivity index (χ0n) is 38.3. The molecule has 1 saturated carbocycles. The normalized spacial score (nSPS) is 16.1. The van der Waals surface area contributed by atoms with Crippen molar-refractivity contribution in [2.24, 2.45) is 0 Å². The van der Waals surface area contributed by atoms with Crippen molar-refractivity contribution in [3.63, 3.8) is 0 Å². The molecule has 69 heavy (non-hydrogen) atoms. The first-order valence-corrected chi connectivity index (χ1v) is 23.3. The third-order valence-electron chi connectivity index (χ3n) is 11.5. The molecule has 2 fully saturated rings. The van der Waals surface area contributed by atoms with Gasteiger partial charge in [0, 0.05) is 48.8 Å². The molecule has 0 spiro atoms. The van der Waals surface area contributed by atoms with E-state index in [0.29, 0.717) is 66.0 Å². The summed E-state index contributed by atoms with van der Waals surface area (Å²) in [5.74, 6) is 0.626. The van der Waals surface area contributed by atoms with Crippen LogP contribution in [0.3, 0.4) is 0 Å². The van der Waals surface area contributed by atoms with Crippen molar-refractivity contribution in [2.75, 3.05) is 72.7 Å². The second-order valence-corrected chi connectivity index (χ2v) is 17.1. The fourth-order valence-electron chi connectivity index (χ4n) is 8.08. The highest BCUT2D eigenvalue weighted by molar-refractivity contribution is 6.37. The third-order valence-corrected chi connectivity index (χ3v) is 12.0. The van der Waals surface area contributed by atoms with Gasteiger partial charge in [0.2, 0.25) is 5.88 Å². The van der Waals surface area contributed by atoms with E-state index in [9.17, 15) is 29.8 Å². The van der Waals surface area contributed by atoms with Gasteiger partial charge >= 0.3 is 12.2 Å². The number of hydrogen-bond acceptors (Lipinski definition) is 17. The molecule has 1 saturated heterocycles. The van der Waals surface area contributed by atoms with E-state index >= 15 is 4.79 Å². The number of pyridine rings is 1. The van der Waals surface area contributed by atoms with Gasteiger partial charge in [-0.1, -0.05) is 47.5 Å². The van der Waals surface area contributed by atoms with Gasteiger partial charge in [-0.15, -0.1) is 20.2 Å². The Balaban J connectivity index is 1.12. The molecule has 2 unspecified atom stereocenters. The molecular formula is C46H55Cl2N5O16. The van der Waals surface area contributed by atoms with Crippen LogP contribution in [0.4, 0.5) is 9.59 Å². The quantitative estimate of drug-likeness (QED) is 0.0300. The number of rotatable bonds is 28. The molecule has 23 heteroatoms. The van der Waals surface area contributed by atoms with Gasteiger partial charge in [0.05, 0.1) is 62.3 Å². The molecule has 2 aromatic carbocycles. The molecule has 3 aliphatic rings. The molecule has 3 heterocycles. The number of benzene rings is 2. The van der Waals surface area contributed by atoms with Gasteiger partial charge in [0.15, 0.2) is 5.75 Å². The van der Waals surface area contributed by atoms with Crippen LogP contribution in [0.15, 0.2) is 54.2 Å². The van der Waals surface area contributed by atoms with Gasteiger partial charge in [-0.2, -0.15) is 0 Å². The van der Waals surface area contributed by atoms with Crippen LogP contribution in [0.25, 0.3) is 5.57 Å². The van der Waals surface area contributed by atoms with Crippen molar-refractivity contribution in [2.45, 2.75) is 83.5 Å². The Hall–Kier alpha value is -6.16. The lowest BCUT2D eigenvalue weighted by Crippen LogP contribution is -2.49. The van der Waals surface area contributed by atoms with E-state index in [1.165, 1.54) is 0 Å². The van der Waals surface area contributed by atoms with Gasteiger partial charge in [0.1, 0.15) is 26.4 Å². The Kier molecular flexibility index (Phi) is 19.7. The van der Waals surface area contributed by atoms with E-state index in [-0.39, 0.29) is 90.6 Å². The van der Waals surface area contributed by atoms with Crippen molar-refractivity contribution in [3.05, 3.63) is 112 Å². The average molecular weight is 1000 g/mol. The maximum absolute atomic E-state index is 15.2. The molecule has 6 rings (SSSR count). The van der Waals surface area contributed by atoms with Gasteiger partial charge in [-0.05, 0) is 92.0 Å². The molecule has 0 N–H and O–H groups in total. The maximum Gasteiger partial charge on any atom is 0.508 e. The molecule has 1 aliphatic carbocycles. The van der Waals surface area contributed by atoms with E-state index in [0.717, 1.165) is 46.2 Å². The first-order chi connectivity index (χ1) is 33.3. The number of ether oxygens (including phenoxy) is 7. The Bertz CT molecular complexity index is 2280. The fourth-order valence-corrected chi connectivity index (χ4v) is 8.79. The predicted molar refractivity (Wildman–Crippen MR) is 246 cm³/mol. The highest BCUT2D eigenvalue weighted by Crippen LogP contribution is 2.45. The van der Waals surface area contributed by atoms with Crippen LogP contribution >= 0.6 is 23.2 Å². The van der Waals surface area contributed by atoms with Gasteiger partial charge in [-0.25, -0.2) is 14.6 Å². The van der Waals surface area contributed by atoms with Crippen molar-refractivity contribution in [1.29, 1.82) is 0 Å². The number of nitrogens with zero attached hydrogens (tertiary/aromatic N) is 5. The second kappa shape index (κ2) is 26.0. The standard InChI is InChI=1S/C46H55Cl2N5O16/c1-30-26-38(47)42(39(48)27-30)63-17-13-32-4-6-33(7-5-32)37-28-36-10-11-40(51(36)45(55)65-22-18-61-20-24-68-52(57)58)41(37)44(54)50(35-8-9-35)29-34-12-14-49-43(31(34)2)64-15-3-16-66-46(56)67-23-19-62-21-25-69-53(59)60/h4-7,12,14,26-27,35-36,40H,3,8-11,13,15-25,28-29H2,1-2H3. The number of carbonyl (C=O) groups is 3. The highest BCUT2D eigenvalue weighted by Gasteiger charge is 2.49. The molecule has 3 aromatic rings. The zero-order valence-corrected chi connectivity index (χ0v) is 39.8. The summed E-state index contributed by atoms with van der Waals surface area (Å²) in [5, 5.41) is 19.6. The molecule has 2 aliphatic heterocycles. The SMILES string of the molecule is Cc1cc(Cl)c(OCCc2ccc(C3=C(C(=O)N(Cc4ccnc(OCCCOC(=O)OCCOCCO[N+](=O)[O-])c4C)C4CC4)C4CCC(C3)N4C(=O)OCCOCCO[N+](=O)[O-])cc2)c(Cl)c1. The monoisotopic (exact) mass is 1000 g/mol. The van der Waals surface area contributed by atoms with E-state index in [1.807, 2.05) is 49.1 Å². The number of halogens is 2. The Morgan fingerprint density at radius 1 is 0.768 bits per heavy atom. The summed E-state index contributed by atoms with van der Waals surface area (Å²) in [6, 6.07) is 12.7. The zero-order chi connectivity index (χ0) is 49.3. The minimum Gasteiger partial charge on any atom is -0.490 e. The summed E-state index contributed by atoms with van der Waals surface area (Å²) in [4.78, 5) is 77.9. The molecule has 0 radical (unpaired) electrons. The van der Waals surface area contributed by atoms with Crippen LogP contribution < -0.4 is 9.47 Å². The maximum atomic E-state index is 15.2. The number of hydrogen-bond donors (Lipinski definition) is 0. The lowest BCUT2D eigenvalue weighted by atomic mass is 9.87. The molecule has 21 nitrogen and oxygen atoms in total. The number of aromatic nitrogens is 1. The topological polar surface area (TPSA) is 240 Å². The number of amides is 2. The van der Waals surface area contributed by atoms with Gasteiger partial charge in [0.25, 0.3) is 16.1 Å². The molecular weight excluding hydrogens is 949 g/mol. The summed E-state index contributed by atoms with van der Waals surface area (Å²) in [5.41, 5.74) is 5.78. The largest absolute Gasteiger partial charge is 0.508 e. The van der Waals surface area contributed by atoms with E-state index in [4.69, 9.17) is 56.4 Å². The van der Waals surface area contributed by atoms with Crippen molar-refractivity contribution >= 4 is 46.9 Å². The summed E-state index contributed by atoms with van der Waals surface area (Å²) in [6.45, 7) is 3.79. The molecule has 1 aromatic heterocycles. The minimum absolute atomic E-state index is 0.00653. The van der Waals surface area contributed by atoms with Crippen LogP contribution in [0.2, 0.25) is 10.0 Å². The van der Waals surface area contributed by atoms with Crippen LogP contribution in [-0.2, 0) is 51.1 Å². The number of fused-ring (bicyclic) bond motifs is 2. The van der Waals surface area contributed by atoms with Gasteiger partial charge in [-0.3, -0.25) is 9.69 Å². The minimum atomic E-state index is -0.926. The van der Waals surface area contributed by atoms with Crippen LogP contribution in [0.5, 0.6) is 11.6 Å². The van der Waals surface area contributed by atoms with Crippen LogP contribution in [-0.4, -0.2) is 134 Å². The second-order valence-electron chi connectivity index (χ2n) is 16.3. The fraction of sp³-hybridized carbons (Fsp3) is 0.522. The van der Waals surface area contributed by atoms with Crippen molar-refractivity contribution in [3.8, 4) is 11.6 Å². The van der Waals surface area contributed by atoms with Gasteiger partial charge < -0.3 is 47.7 Å². The van der Waals surface area contributed by atoms with Crippen molar-refractivity contribution in [1.82, 2.24) is 14.8 Å². The van der Waals surface area contributed by atoms with Crippen molar-refractivity contribution < 1.29 is 67.4 Å².